The predicted octanol–water partition coefficient (Wildman–Crippen LogP) is 1.99. The smallest absolute Gasteiger partial charge is 0.301 e. The van der Waals surface area contributed by atoms with Gasteiger partial charge in [0.25, 0.3) is 0 Å². The zero-order chi connectivity index (χ0) is 12.6. The van der Waals surface area contributed by atoms with E-state index in [9.17, 15) is 4.57 Å². The van der Waals surface area contributed by atoms with Gasteiger partial charge in [-0.05, 0) is 47.0 Å². The molecular weight excluding hydrogens is 233 g/mol. The van der Waals surface area contributed by atoms with Gasteiger partial charge in [-0.3, -0.25) is 0 Å². The zero-order valence-corrected chi connectivity index (χ0v) is 11.0. The minimum atomic E-state index is -4.61. The van der Waals surface area contributed by atoms with Gasteiger partial charge in [0.05, 0.1) is 0 Å². The Bertz CT molecular complexity index is 282. The van der Waals surface area contributed by atoms with E-state index in [4.69, 9.17) is 14.8 Å². The molecule has 0 saturated carbocycles. The summed E-state index contributed by atoms with van der Waals surface area (Å²) in [7, 11) is -4.61. The van der Waals surface area contributed by atoms with Crippen molar-refractivity contribution < 1.29 is 24.0 Å². The Morgan fingerprint density at radius 2 is 1.56 bits per heavy atom. The van der Waals surface area contributed by atoms with E-state index in [-0.39, 0.29) is 11.1 Å². The molecule has 0 atom stereocenters. The topological polar surface area (TPSA) is 79.2 Å². The minimum absolute atomic E-state index is 0.309. The third-order valence-electron chi connectivity index (χ3n) is 2.88. The SMILES string of the molecule is CC1(C)CCCC(C)(C)N1OOP(=O)(O)O. The van der Waals surface area contributed by atoms with Gasteiger partial charge in [0, 0.05) is 11.1 Å². The van der Waals surface area contributed by atoms with Crippen LogP contribution in [0.2, 0.25) is 0 Å². The molecule has 96 valence electrons. The summed E-state index contributed by atoms with van der Waals surface area (Å²) in [5, 5.41) is 1.53. The Kier molecular flexibility index (Phi) is 3.85. The molecule has 0 amide bonds. The van der Waals surface area contributed by atoms with E-state index < -0.39 is 7.82 Å². The highest BCUT2D eigenvalue weighted by Gasteiger charge is 2.44. The third kappa shape index (κ3) is 3.52. The second-order valence-electron chi connectivity index (χ2n) is 5.41. The van der Waals surface area contributed by atoms with Gasteiger partial charge < -0.3 is 9.79 Å². The molecule has 0 aromatic rings. The van der Waals surface area contributed by atoms with Gasteiger partial charge >= 0.3 is 7.82 Å². The first-order chi connectivity index (χ1) is 7.05. The molecule has 1 heterocycles. The average molecular weight is 253 g/mol. The Hall–Kier alpha value is 0.0300. The molecular formula is C9H20NO5P. The van der Waals surface area contributed by atoms with Gasteiger partial charge in [-0.15, -0.1) is 14.7 Å². The molecule has 0 unspecified atom stereocenters. The van der Waals surface area contributed by atoms with E-state index in [0.717, 1.165) is 19.3 Å². The maximum absolute atomic E-state index is 10.6. The molecule has 6 nitrogen and oxygen atoms in total. The molecule has 1 aliphatic heterocycles. The van der Waals surface area contributed by atoms with E-state index in [1.165, 1.54) is 5.06 Å². The molecule has 1 saturated heterocycles. The highest BCUT2D eigenvalue weighted by molar-refractivity contribution is 7.46. The van der Waals surface area contributed by atoms with E-state index >= 15 is 0 Å². The number of hydroxylamine groups is 2. The lowest BCUT2D eigenvalue weighted by molar-refractivity contribution is -0.435. The van der Waals surface area contributed by atoms with Crippen LogP contribution in [0.1, 0.15) is 47.0 Å². The minimum Gasteiger partial charge on any atom is -0.301 e. The fourth-order valence-corrected chi connectivity index (χ4v) is 2.41. The van der Waals surface area contributed by atoms with Crippen molar-refractivity contribution in [2.45, 2.75) is 58.0 Å². The quantitative estimate of drug-likeness (QED) is 0.455. The molecule has 16 heavy (non-hydrogen) atoms. The van der Waals surface area contributed by atoms with Crippen LogP contribution in [0.5, 0.6) is 0 Å². The van der Waals surface area contributed by atoms with E-state index in [2.05, 4.69) is 4.67 Å². The van der Waals surface area contributed by atoms with E-state index in [1.54, 1.807) is 0 Å². The molecule has 0 spiro atoms. The Morgan fingerprint density at radius 3 is 1.94 bits per heavy atom. The average Bonchev–Trinajstić information content (AvgIpc) is 1.97. The molecule has 0 aromatic heterocycles. The molecule has 0 aromatic carbocycles. The molecule has 7 heteroatoms. The van der Waals surface area contributed by atoms with Crippen molar-refractivity contribution in [1.82, 2.24) is 5.06 Å². The summed E-state index contributed by atoms with van der Waals surface area (Å²) >= 11 is 0. The summed E-state index contributed by atoms with van der Waals surface area (Å²) in [6.45, 7) is 7.82. The number of hydrogen-bond acceptors (Lipinski definition) is 4. The summed E-state index contributed by atoms with van der Waals surface area (Å²) in [5.41, 5.74) is -0.617. The number of piperidine rings is 1. The summed E-state index contributed by atoms with van der Waals surface area (Å²) in [6, 6.07) is 0. The van der Waals surface area contributed by atoms with Crippen LogP contribution >= 0.6 is 7.82 Å². The van der Waals surface area contributed by atoms with Crippen LogP contribution in [0.15, 0.2) is 0 Å². The maximum atomic E-state index is 10.6. The van der Waals surface area contributed by atoms with E-state index in [1.807, 2.05) is 27.7 Å². The largest absolute Gasteiger partial charge is 0.498 e. The van der Waals surface area contributed by atoms with Crippen LogP contribution in [0, 0.1) is 0 Å². The van der Waals surface area contributed by atoms with Crippen molar-refractivity contribution in [2.75, 3.05) is 0 Å². The fraction of sp³-hybridized carbons (Fsp3) is 1.00. The van der Waals surface area contributed by atoms with Crippen molar-refractivity contribution in [3.8, 4) is 0 Å². The third-order valence-corrected chi connectivity index (χ3v) is 3.14. The van der Waals surface area contributed by atoms with Gasteiger partial charge in [-0.1, -0.05) is 0 Å². The second-order valence-corrected chi connectivity index (χ2v) is 6.54. The summed E-state index contributed by atoms with van der Waals surface area (Å²) < 4.78 is 14.7. The van der Waals surface area contributed by atoms with E-state index in [0.29, 0.717) is 0 Å². The van der Waals surface area contributed by atoms with Gasteiger partial charge in [0.1, 0.15) is 0 Å². The van der Waals surface area contributed by atoms with Crippen molar-refractivity contribution in [3.05, 3.63) is 0 Å². The highest BCUT2D eigenvalue weighted by atomic mass is 31.2. The first kappa shape index (κ1) is 14.1. The van der Waals surface area contributed by atoms with Gasteiger partial charge in [0.15, 0.2) is 0 Å². The summed E-state index contributed by atoms with van der Waals surface area (Å²) in [6.07, 6.45) is 2.83. The Balaban J connectivity index is 2.75. The monoisotopic (exact) mass is 253 g/mol. The van der Waals surface area contributed by atoms with Gasteiger partial charge in [0.2, 0.25) is 0 Å². The van der Waals surface area contributed by atoms with Crippen molar-refractivity contribution in [1.29, 1.82) is 0 Å². The first-order valence-corrected chi connectivity index (χ1v) is 6.80. The molecule has 1 fully saturated rings. The highest BCUT2D eigenvalue weighted by Crippen LogP contribution is 2.42. The lowest BCUT2D eigenvalue weighted by Gasteiger charge is -2.49. The maximum Gasteiger partial charge on any atom is 0.498 e. The number of phosphoric acid groups is 1. The number of rotatable bonds is 3. The standard InChI is InChI=1S/C9H20NO5P/c1-8(2)6-5-7-9(3,4)10(8)14-15-16(11,12)13/h5-7H2,1-4H3,(H2,11,12,13). The van der Waals surface area contributed by atoms with Crippen LogP contribution in [0.4, 0.5) is 0 Å². The van der Waals surface area contributed by atoms with Gasteiger partial charge in [-0.2, -0.15) is 0 Å². The van der Waals surface area contributed by atoms with Crippen molar-refractivity contribution in [3.63, 3.8) is 0 Å². The second kappa shape index (κ2) is 4.37. The number of nitrogens with zero attached hydrogens (tertiary/aromatic N) is 1. The predicted molar refractivity (Wildman–Crippen MR) is 58.1 cm³/mol. The molecule has 0 bridgehead atoms. The summed E-state index contributed by atoms with van der Waals surface area (Å²) in [5.74, 6) is 0. The lowest BCUT2D eigenvalue weighted by Crippen LogP contribution is -2.58. The zero-order valence-electron chi connectivity index (χ0n) is 10.1. The summed E-state index contributed by atoms with van der Waals surface area (Å²) in [4.78, 5) is 22.1. The Labute approximate surface area is 95.7 Å². The molecule has 0 aliphatic carbocycles. The fourth-order valence-electron chi connectivity index (χ4n) is 2.25. The van der Waals surface area contributed by atoms with Crippen LogP contribution in [-0.4, -0.2) is 25.9 Å². The molecule has 1 aliphatic rings. The van der Waals surface area contributed by atoms with Crippen LogP contribution in [0.25, 0.3) is 0 Å². The van der Waals surface area contributed by atoms with Crippen LogP contribution < -0.4 is 0 Å². The molecule has 1 rings (SSSR count). The van der Waals surface area contributed by atoms with Crippen LogP contribution in [0.3, 0.4) is 0 Å². The molecule has 2 N–H and O–H groups in total. The first-order valence-electron chi connectivity index (χ1n) is 5.27. The van der Waals surface area contributed by atoms with Crippen LogP contribution in [-0.2, 0) is 14.2 Å². The van der Waals surface area contributed by atoms with Crippen molar-refractivity contribution >= 4 is 7.82 Å². The van der Waals surface area contributed by atoms with Gasteiger partial charge in [-0.25, -0.2) is 4.57 Å². The number of hydrogen-bond donors (Lipinski definition) is 2. The Morgan fingerprint density at radius 1 is 1.12 bits per heavy atom. The van der Waals surface area contributed by atoms with Crippen molar-refractivity contribution in [2.24, 2.45) is 0 Å². The molecule has 0 radical (unpaired) electrons. The lowest BCUT2D eigenvalue weighted by atomic mass is 9.82. The normalized spacial score (nSPS) is 25.6.